The molecule has 3 aromatic rings. The molecule has 0 spiro atoms. The summed E-state index contributed by atoms with van der Waals surface area (Å²) in [5, 5.41) is 1.43. The number of fused-ring (bicyclic) bond motifs is 1. The first kappa shape index (κ1) is 13.9. The molecule has 0 radical (unpaired) electrons. The van der Waals surface area contributed by atoms with E-state index in [1.165, 1.54) is 11.1 Å². The molecule has 1 aromatic heterocycles. The fourth-order valence-electron chi connectivity index (χ4n) is 2.73. The van der Waals surface area contributed by atoms with Crippen LogP contribution in [-0.4, -0.2) is 10.9 Å². The first-order valence-corrected chi connectivity index (χ1v) is 7.27. The summed E-state index contributed by atoms with van der Waals surface area (Å²) in [4.78, 5) is 11.4. The summed E-state index contributed by atoms with van der Waals surface area (Å²) in [5.74, 6) is 0. The summed E-state index contributed by atoms with van der Waals surface area (Å²) in [6, 6.07) is 14.3. The molecule has 0 aliphatic carbocycles. The third kappa shape index (κ3) is 2.36. The minimum absolute atomic E-state index is 0.509. The Morgan fingerprint density at radius 3 is 2.48 bits per heavy atom. The monoisotopic (exact) mass is 297 g/mol. The van der Waals surface area contributed by atoms with E-state index < -0.39 is 0 Å². The molecule has 106 valence electrons. The molecule has 3 heteroatoms. The smallest absolute Gasteiger partial charge is 0.153 e. The van der Waals surface area contributed by atoms with Crippen molar-refractivity contribution in [3.05, 3.63) is 69.9 Å². The summed E-state index contributed by atoms with van der Waals surface area (Å²) in [5.41, 5.74) is 5.12. The van der Waals surface area contributed by atoms with E-state index in [0.29, 0.717) is 17.3 Å². The Balaban J connectivity index is 2.19. The van der Waals surface area contributed by atoms with Gasteiger partial charge >= 0.3 is 0 Å². The zero-order valence-corrected chi connectivity index (χ0v) is 12.8. The Bertz CT molecular complexity index is 815. The maximum Gasteiger partial charge on any atom is 0.153 e. The van der Waals surface area contributed by atoms with Gasteiger partial charge in [0, 0.05) is 11.9 Å². The van der Waals surface area contributed by atoms with Crippen LogP contribution >= 0.6 is 11.6 Å². The molecule has 1 heterocycles. The summed E-state index contributed by atoms with van der Waals surface area (Å²) in [6.45, 7) is 4.77. The van der Waals surface area contributed by atoms with Gasteiger partial charge in [-0.3, -0.25) is 4.79 Å². The van der Waals surface area contributed by atoms with Crippen LogP contribution < -0.4 is 0 Å². The number of carbonyl (C=O) groups is 1. The van der Waals surface area contributed by atoms with Crippen LogP contribution in [-0.2, 0) is 6.54 Å². The third-order valence-electron chi connectivity index (χ3n) is 3.84. The third-order valence-corrected chi connectivity index (χ3v) is 4.24. The van der Waals surface area contributed by atoms with Crippen LogP contribution in [0.3, 0.4) is 0 Å². The van der Waals surface area contributed by atoms with Gasteiger partial charge in [0.2, 0.25) is 0 Å². The molecule has 3 rings (SSSR count). The number of rotatable bonds is 3. The summed E-state index contributed by atoms with van der Waals surface area (Å²) < 4.78 is 2.01. The number of para-hydroxylation sites is 1. The average Bonchev–Trinajstić information content (AvgIpc) is 2.75. The topological polar surface area (TPSA) is 22.0 Å². The SMILES string of the molecule is Cc1ccc(Cn2c(Cl)c(C=O)c3cccc(C)c32)cc1. The molecular weight excluding hydrogens is 282 g/mol. The Kier molecular flexibility index (Phi) is 3.56. The van der Waals surface area contributed by atoms with Gasteiger partial charge in [-0.25, -0.2) is 0 Å². The summed E-state index contributed by atoms with van der Waals surface area (Å²) >= 11 is 6.44. The molecule has 0 fully saturated rings. The van der Waals surface area contributed by atoms with E-state index >= 15 is 0 Å². The fraction of sp³-hybridized carbons (Fsp3) is 0.167. The van der Waals surface area contributed by atoms with Gasteiger partial charge in [0.05, 0.1) is 11.1 Å². The second kappa shape index (κ2) is 5.38. The highest BCUT2D eigenvalue weighted by Gasteiger charge is 2.16. The van der Waals surface area contributed by atoms with Crippen LogP contribution in [0.5, 0.6) is 0 Å². The van der Waals surface area contributed by atoms with Crippen LogP contribution in [0.25, 0.3) is 10.9 Å². The number of benzene rings is 2. The molecule has 2 nitrogen and oxygen atoms in total. The number of aromatic nitrogens is 1. The number of aryl methyl sites for hydroxylation is 2. The van der Waals surface area contributed by atoms with Crippen molar-refractivity contribution in [2.75, 3.05) is 0 Å². The minimum atomic E-state index is 0.509. The van der Waals surface area contributed by atoms with Crippen molar-refractivity contribution in [2.45, 2.75) is 20.4 Å². The largest absolute Gasteiger partial charge is 0.326 e. The van der Waals surface area contributed by atoms with Crippen molar-refractivity contribution >= 4 is 28.8 Å². The molecule has 0 saturated carbocycles. The average molecular weight is 298 g/mol. The van der Waals surface area contributed by atoms with E-state index in [1.54, 1.807) is 0 Å². The number of hydrogen-bond acceptors (Lipinski definition) is 1. The van der Waals surface area contributed by atoms with E-state index in [2.05, 4.69) is 31.2 Å². The Hall–Kier alpha value is -2.06. The van der Waals surface area contributed by atoms with Gasteiger partial charge in [-0.05, 0) is 25.0 Å². The number of carbonyl (C=O) groups excluding carboxylic acids is 1. The molecule has 0 N–H and O–H groups in total. The second-order valence-electron chi connectivity index (χ2n) is 5.37. The molecule has 0 unspecified atom stereocenters. The highest BCUT2D eigenvalue weighted by Crippen LogP contribution is 2.31. The molecule has 0 aliphatic heterocycles. The quantitative estimate of drug-likeness (QED) is 0.638. The van der Waals surface area contributed by atoms with Crippen molar-refractivity contribution < 1.29 is 4.79 Å². The van der Waals surface area contributed by atoms with E-state index in [1.807, 2.05) is 29.7 Å². The van der Waals surface area contributed by atoms with Crippen LogP contribution in [0, 0.1) is 13.8 Å². The molecule has 0 bridgehead atoms. The zero-order chi connectivity index (χ0) is 15.0. The molecule has 2 aromatic carbocycles. The van der Waals surface area contributed by atoms with Crippen molar-refractivity contribution in [2.24, 2.45) is 0 Å². The normalized spacial score (nSPS) is 11.0. The number of nitrogens with zero attached hydrogens (tertiary/aromatic N) is 1. The predicted molar refractivity (Wildman–Crippen MR) is 87.4 cm³/mol. The van der Waals surface area contributed by atoms with E-state index in [9.17, 15) is 4.79 Å². The second-order valence-corrected chi connectivity index (χ2v) is 5.72. The molecular formula is C18H16ClNO. The van der Waals surface area contributed by atoms with Gasteiger partial charge in [-0.15, -0.1) is 0 Å². The van der Waals surface area contributed by atoms with Crippen LogP contribution in [0.2, 0.25) is 5.15 Å². The maximum atomic E-state index is 11.4. The summed E-state index contributed by atoms with van der Waals surface area (Å²) in [7, 11) is 0. The minimum Gasteiger partial charge on any atom is -0.326 e. The lowest BCUT2D eigenvalue weighted by Gasteiger charge is -2.09. The Morgan fingerprint density at radius 2 is 1.81 bits per heavy atom. The van der Waals surface area contributed by atoms with Gasteiger partial charge in [0.1, 0.15) is 5.15 Å². The van der Waals surface area contributed by atoms with Gasteiger partial charge in [-0.1, -0.05) is 59.6 Å². The van der Waals surface area contributed by atoms with Crippen LogP contribution in [0.15, 0.2) is 42.5 Å². The van der Waals surface area contributed by atoms with Gasteiger partial charge < -0.3 is 4.57 Å². The lowest BCUT2D eigenvalue weighted by atomic mass is 10.1. The highest BCUT2D eigenvalue weighted by molar-refractivity contribution is 6.34. The van der Waals surface area contributed by atoms with Crippen molar-refractivity contribution in [3.8, 4) is 0 Å². The molecule has 0 aliphatic rings. The molecule has 0 atom stereocenters. The fourth-order valence-corrected chi connectivity index (χ4v) is 3.02. The van der Waals surface area contributed by atoms with Gasteiger partial charge in [0.25, 0.3) is 0 Å². The molecule has 21 heavy (non-hydrogen) atoms. The van der Waals surface area contributed by atoms with Gasteiger partial charge in [-0.2, -0.15) is 0 Å². The first-order valence-electron chi connectivity index (χ1n) is 6.90. The molecule has 0 saturated heterocycles. The lowest BCUT2D eigenvalue weighted by molar-refractivity contribution is 0.112. The number of hydrogen-bond donors (Lipinski definition) is 0. The highest BCUT2D eigenvalue weighted by atomic mass is 35.5. The van der Waals surface area contributed by atoms with E-state index in [0.717, 1.165) is 22.8 Å². The first-order chi connectivity index (χ1) is 10.1. The van der Waals surface area contributed by atoms with E-state index in [4.69, 9.17) is 11.6 Å². The summed E-state index contributed by atoms with van der Waals surface area (Å²) in [6.07, 6.45) is 0.843. The maximum absolute atomic E-state index is 11.4. The Morgan fingerprint density at radius 1 is 1.10 bits per heavy atom. The zero-order valence-electron chi connectivity index (χ0n) is 12.1. The van der Waals surface area contributed by atoms with E-state index in [-0.39, 0.29) is 0 Å². The Labute approximate surface area is 129 Å². The number of halogens is 1. The van der Waals surface area contributed by atoms with Crippen LogP contribution in [0.4, 0.5) is 0 Å². The predicted octanol–water partition coefficient (Wildman–Crippen LogP) is 4.77. The number of aldehydes is 1. The lowest BCUT2D eigenvalue weighted by Crippen LogP contribution is -2.01. The van der Waals surface area contributed by atoms with Crippen molar-refractivity contribution in [1.29, 1.82) is 0 Å². The van der Waals surface area contributed by atoms with Crippen molar-refractivity contribution in [1.82, 2.24) is 4.57 Å². The van der Waals surface area contributed by atoms with Gasteiger partial charge in [0.15, 0.2) is 6.29 Å². The van der Waals surface area contributed by atoms with Crippen molar-refractivity contribution in [3.63, 3.8) is 0 Å². The standard InChI is InChI=1S/C18H16ClNO/c1-12-6-8-14(9-7-12)10-20-17-13(2)4-3-5-15(17)16(11-21)18(20)19/h3-9,11H,10H2,1-2H3. The van der Waals surface area contributed by atoms with Crippen LogP contribution in [0.1, 0.15) is 27.0 Å². The molecule has 0 amide bonds.